The van der Waals surface area contributed by atoms with E-state index >= 15 is 4.39 Å². The number of aromatic nitrogens is 1. The number of piperazine rings is 1. The van der Waals surface area contributed by atoms with Crippen LogP contribution in [0.5, 0.6) is 0 Å². The van der Waals surface area contributed by atoms with E-state index in [1.54, 1.807) is 6.20 Å². The Morgan fingerprint density at radius 3 is 2.70 bits per heavy atom. The van der Waals surface area contributed by atoms with Gasteiger partial charge in [0.15, 0.2) is 11.2 Å². The van der Waals surface area contributed by atoms with E-state index in [0.29, 0.717) is 12.6 Å². The molecule has 3 fully saturated rings. The van der Waals surface area contributed by atoms with E-state index in [4.69, 9.17) is 0 Å². The van der Waals surface area contributed by atoms with Crippen LogP contribution in [0.1, 0.15) is 25.3 Å². The molecule has 1 saturated carbocycles. The van der Waals surface area contributed by atoms with Crippen molar-refractivity contribution in [3.8, 4) is 0 Å². The van der Waals surface area contributed by atoms with Crippen molar-refractivity contribution in [2.24, 2.45) is 0 Å². The molecule has 2 bridgehead atoms. The van der Waals surface area contributed by atoms with Crippen LogP contribution in [0.25, 0.3) is 10.9 Å². The third-order valence-electron chi connectivity index (χ3n) is 5.36. The van der Waals surface area contributed by atoms with Crippen LogP contribution >= 0.6 is 0 Å². The maximum atomic E-state index is 15.3. The van der Waals surface area contributed by atoms with Gasteiger partial charge in [0.2, 0.25) is 0 Å². The Bertz CT molecular complexity index is 874. The lowest BCUT2D eigenvalue weighted by molar-refractivity contribution is 0.536. The fourth-order valence-corrected chi connectivity index (χ4v) is 4.11. The molecule has 3 aliphatic rings. The summed E-state index contributed by atoms with van der Waals surface area (Å²) in [4.78, 5) is 13.9. The minimum absolute atomic E-state index is 0.0338. The van der Waals surface area contributed by atoms with Crippen LogP contribution in [0.4, 0.5) is 14.5 Å². The molecular weight excluding hydrogens is 300 g/mol. The van der Waals surface area contributed by atoms with Crippen LogP contribution in [0.15, 0.2) is 23.1 Å². The second-order valence-electron chi connectivity index (χ2n) is 6.88. The molecule has 0 radical (unpaired) electrons. The Labute approximate surface area is 131 Å². The minimum atomic E-state index is -0.631. The smallest absolute Gasteiger partial charge is 0.189 e. The summed E-state index contributed by atoms with van der Waals surface area (Å²) in [5.41, 5.74) is -0.0375. The lowest BCUT2D eigenvalue weighted by Gasteiger charge is -2.30. The average molecular weight is 317 g/mol. The van der Waals surface area contributed by atoms with Gasteiger partial charge in [-0.2, -0.15) is 0 Å². The number of hydrogen-bond donors (Lipinski definition) is 1. The van der Waals surface area contributed by atoms with Crippen molar-refractivity contribution in [1.29, 1.82) is 0 Å². The molecule has 1 N–H and O–H groups in total. The summed E-state index contributed by atoms with van der Waals surface area (Å²) in [5.74, 6) is -1.22. The number of nitrogens with zero attached hydrogens (tertiary/aromatic N) is 2. The molecule has 1 aromatic heterocycles. The normalized spacial score (nSPS) is 26.4. The molecule has 2 saturated heterocycles. The number of hydrogen-bond acceptors (Lipinski definition) is 3. The second-order valence-corrected chi connectivity index (χ2v) is 6.88. The third kappa shape index (κ3) is 1.87. The van der Waals surface area contributed by atoms with E-state index in [9.17, 15) is 9.18 Å². The quantitative estimate of drug-likeness (QED) is 0.922. The van der Waals surface area contributed by atoms with Crippen molar-refractivity contribution >= 4 is 16.6 Å². The molecule has 1 aliphatic carbocycles. The van der Waals surface area contributed by atoms with Crippen molar-refractivity contribution in [2.75, 3.05) is 18.0 Å². The Morgan fingerprint density at radius 1 is 1.22 bits per heavy atom. The molecule has 2 aliphatic heterocycles. The molecular formula is C17H17F2N3O. The number of halogens is 2. The van der Waals surface area contributed by atoms with E-state index in [2.05, 4.69) is 5.32 Å². The number of pyridine rings is 1. The molecule has 0 amide bonds. The Balaban J connectivity index is 1.77. The zero-order chi connectivity index (χ0) is 15.7. The van der Waals surface area contributed by atoms with Gasteiger partial charge in [0.05, 0.1) is 10.9 Å². The number of anilines is 1. The molecule has 4 nitrogen and oxygen atoms in total. The summed E-state index contributed by atoms with van der Waals surface area (Å²) in [6, 6.07) is 3.28. The molecule has 2 atom stereocenters. The van der Waals surface area contributed by atoms with Crippen LogP contribution in [0.2, 0.25) is 0 Å². The first-order chi connectivity index (χ1) is 11.1. The summed E-state index contributed by atoms with van der Waals surface area (Å²) in [6.07, 6.45) is 4.51. The van der Waals surface area contributed by atoms with Gasteiger partial charge in [0.25, 0.3) is 0 Å². The van der Waals surface area contributed by atoms with Gasteiger partial charge in [-0.25, -0.2) is 8.78 Å². The topological polar surface area (TPSA) is 37.3 Å². The average Bonchev–Trinajstić information content (AvgIpc) is 3.16. The third-order valence-corrected chi connectivity index (χ3v) is 5.36. The summed E-state index contributed by atoms with van der Waals surface area (Å²) in [5, 5.41) is 3.48. The van der Waals surface area contributed by atoms with Crippen LogP contribution in [0.3, 0.4) is 0 Å². The monoisotopic (exact) mass is 317 g/mol. The van der Waals surface area contributed by atoms with Crippen molar-refractivity contribution in [3.63, 3.8) is 0 Å². The van der Waals surface area contributed by atoms with Gasteiger partial charge in [-0.15, -0.1) is 0 Å². The highest BCUT2D eigenvalue weighted by atomic mass is 19.1. The second kappa shape index (κ2) is 4.54. The summed E-state index contributed by atoms with van der Waals surface area (Å²) in [6.45, 7) is 1.37. The first-order valence-corrected chi connectivity index (χ1v) is 8.16. The molecule has 6 heteroatoms. The SMILES string of the molecule is O=c1ccn(C2CC2)c2c(F)c(N3CC4CC3CN4)c(F)cc12. The Kier molecular flexibility index (Phi) is 2.66. The summed E-state index contributed by atoms with van der Waals surface area (Å²) in [7, 11) is 0. The highest BCUT2D eigenvalue weighted by Crippen LogP contribution is 2.40. The van der Waals surface area contributed by atoms with Gasteiger partial charge in [0.1, 0.15) is 11.5 Å². The number of fused-ring (bicyclic) bond motifs is 3. The lowest BCUT2D eigenvalue weighted by atomic mass is 10.1. The number of rotatable bonds is 2. The fourth-order valence-electron chi connectivity index (χ4n) is 4.11. The van der Waals surface area contributed by atoms with E-state index in [1.165, 1.54) is 12.1 Å². The van der Waals surface area contributed by atoms with Gasteiger partial charge >= 0.3 is 0 Å². The predicted octanol–water partition coefficient (Wildman–Crippen LogP) is 2.17. The standard InChI is InChI=1S/C17H17F2N3O/c18-13-6-12-14(23)3-4-21(10-1-2-10)16(12)15(19)17(13)22-8-9-5-11(22)7-20-9/h3-4,6,9-11,20H,1-2,5,7-8H2. The molecule has 120 valence electrons. The van der Waals surface area contributed by atoms with E-state index in [1.807, 2.05) is 9.47 Å². The molecule has 23 heavy (non-hydrogen) atoms. The molecule has 2 unspecified atom stereocenters. The summed E-state index contributed by atoms with van der Waals surface area (Å²) >= 11 is 0. The zero-order valence-electron chi connectivity index (χ0n) is 12.6. The largest absolute Gasteiger partial charge is 0.361 e. The molecule has 0 spiro atoms. The van der Waals surface area contributed by atoms with E-state index < -0.39 is 11.6 Å². The maximum Gasteiger partial charge on any atom is 0.189 e. The zero-order valence-corrected chi connectivity index (χ0v) is 12.6. The molecule has 5 rings (SSSR count). The first-order valence-electron chi connectivity index (χ1n) is 8.16. The number of nitrogens with one attached hydrogen (secondary N) is 1. The minimum Gasteiger partial charge on any atom is -0.361 e. The summed E-state index contributed by atoms with van der Waals surface area (Å²) < 4.78 is 31.7. The number of benzene rings is 1. The lowest BCUT2D eigenvalue weighted by Crippen LogP contribution is -2.44. The predicted molar refractivity (Wildman–Crippen MR) is 83.9 cm³/mol. The van der Waals surface area contributed by atoms with Gasteiger partial charge in [-0.1, -0.05) is 0 Å². The van der Waals surface area contributed by atoms with Gasteiger partial charge in [-0.3, -0.25) is 4.79 Å². The molecule has 1 aromatic carbocycles. The molecule has 2 aromatic rings. The Morgan fingerprint density at radius 2 is 2.04 bits per heavy atom. The maximum absolute atomic E-state index is 15.3. The van der Waals surface area contributed by atoms with E-state index in [0.717, 1.165) is 25.8 Å². The first kappa shape index (κ1) is 13.5. The van der Waals surface area contributed by atoms with Crippen LogP contribution in [0, 0.1) is 11.6 Å². The van der Waals surface area contributed by atoms with Gasteiger partial charge in [-0.05, 0) is 25.3 Å². The highest BCUT2D eigenvalue weighted by Gasteiger charge is 2.40. The van der Waals surface area contributed by atoms with Crippen molar-refractivity contribution in [3.05, 3.63) is 40.2 Å². The van der Waals surface area contributed by atoms with Gasteiger partial charge < -0.3 is 14.8 Å². The fraction of sp³-hybridized carbons (Fsp3) is 0.471. The van der Waals surface area contributed by atoms with Crippen molar-refractivity contribution < 1.29 is 8.78 Å². The Hall–Kier alpha value is -1.95. The van der Waals surface area contributed by atoms with E-state index in [-0.39, 0.29) is 34.1 Å². The highest BCUT2D eigenvalue weighted by molar-refractivity contribution is 5.84. The van der Waals surface area contributed by atoms with Crippen molar-refractivity contribution in [2.45, 2.75) is 37.4 Å². The van der Waals surface area contributed by atoms with Crippen LogP contribution < -0.4 is 15.6 Å². The van der Waals surface area contributed by atoms with Crippen LogP contribution in [-0.2, 0) is 0 Å². The van der Waals surface area contributed by atoms with Crippen molar-refractivity contribution in [1.82, 2.24) is 9.88 Å². The van der Waals surface area contributed by atoms with Gasteiger partial charge in [0, 0.05) is 43.5 Å². The molecule has 3 heterocycles. The van der Waals surface area contributed by atoms with Crippen LogP contribution in [-0.4, -0.2) is 29.7 Å².